The highest BCUT2D eigenvalue weighted by Crippen LogP contribution is 2.24. The number of pyridine rings is 1. The van der Waals surface area contributed by atoms with Crippen LogP contribution in [0.3, 0.4) is 0 Å². The molecule has 130 valence electrons. The summed E-state index contributed by atoms with van der Waals surface area (Å²) in [6, 6.07) is 8.55. The van der Waals surface area contributed by atoms with Crippen LogP contribution in [-0.4, -0.2) is 36.5 Å². The number of rotatable bonds is 5. The molecule has 1 aromatic carbocycles. The Morgan fingerprint density at radius 2 is 1.88 bits per heavy atom. The molecule has 0 fully saturated rings. The Bertz CT molecular complexity index is 659. The summed E-state index contributed by atoms with van der Waals surface area (Å²) in [6.07, 6.45) is 1.62. The molecule has 0 amide bonds. The van der Waals surface area contributed by atoms with Crippen LogP contribution < -0.4 is 11.1 Å². The first-order valence-corrected chi connectivity index (χ1v) is 7.07. The number of nitrogens with two attached hydrogens (primary N) is 1. The summed E-state index contributed by atoms with van der Waals surface area (Å²) in [5, 5.41) is 2.83. The number of benzene rings is 1. The molecular weight excluding hydrogens is 427 g/mol. The largest absolute Gasteiger partial charge is 0.370 e. The summed E-state index contributed by atoms with van der Waals surface area (Å²) in [5.74, 6) is -0.523. The first-order valence-electron chi connectivity index (χ1n) is 7.07. The zero-order chi connectivity index (χ0) is 16.8. The van der Waals surface area contributed by atoms with Crippen LogP contribution in [0.1, 0.15) is 11.6 Å². The Morgan fingerprint density at radius 3 is 2.42 bits per heavy atom. The molecule has 2 rings (SSSR count). The lowest BCUT2D eigenvalue weighted by atomic mass is 10.0. The van der Waals surface area contributed by atoms with Gasteiger partial charge in [0.2, 0.25) is 0 Å². The topological polar surface area (TPSA) is 66.5 Å². The van der Waals surface area contributed by atoms with E-state index in [1.54, 1.807) is 43.4 Å². The molecular formula is C16H20F2IN5. The summed E-state index contributed by atoms with van der Waals surface area (Å²) in [7, 11) is 3.46. The molecule has 0 aliphatic rings. The summed E-state index contributed by atoms with van der Waals surface area (Å²) in [6.45, 7) is 0.108. The Kier molecular flexibility index (Phi) is 7.99. The van der Waals surface area contributed by atoms with E-state index in [1.807, 2.05) is 0 Å². The molecule has 1 atom stereocenters. The van der Waals surface area contributed by atoms with Gasteiger partial charge in [0.05, 0.1) is 12.6 Å². The summed E-state index contributed by atoms with van der Waals surface area (Å²) < 4.78 is 27.9. The van der Waals surface area contributed by atoms with Gasteiger partial charge < -0.3 is 16.0 Å². The van der Waals surface area contributed by atoms with Gasteiger partial charge in [-0.15, -0.1) is 24.0 Å². The number of aromatic nitrogens is 1. The Hall–Kier alpha value is -1.81. The quantitative estimate of drug-likeness (QED) is 0.420. The Balaban J connectivity index is 0.00000288. The number of hydrogen-bond donors (Lipinski definition) is 2. The molecule has 8 heteroatoms. The number of anilines is 1. The standard InChI is InChI=1S/C16H19F2N5.HI/c1-23(2)13(15-11(17)6-5-7-12(15)18)10-21-16(19)22-14-8-3-4-9-20-14;/h3-9,13H,10H2,1-2H3,(H3,19,20,21,22);1H. The van der Waals surface area contributed by atoms with E-state index < -0.39 is 17.7 Å². The van der Waals surface area contributed by atoms with E-state index in [0.29, 0.717) is 5.82 Å². The van der Waals surface area contributed by atoms with Gasteiger partial charge >= 0.3 is 0 Å². The average molecular weight is 447 g/mol. The molecule has 0 spiro atoms. The van der Waals surface area contributed by atoms with E-state index in [0.717, 1.165) is 0 Å². The van der Waals surface area contributed by atoms with Crippen LogP contribution in [0, 0.1) is 11.6 Å². The van der Waals surface area contributed by atoms with Crippen molar-refractivity contribution in [1.29, 1.82) is 0 Å². The van der Waals surface area contributed by atoms with Crippen LogP contribution in [0.2, 0.25) is 0 Å². The minimum absolute atomic E-state index is 0. The van der Waals surface area contributed by atoms with E-state index in [4.69, 9.17) is 5.73 Å². The maximum Gasteiger partial charge on any atom is 0.194 e. The van der Waals surface area contributed by atoms with Crippen molar-refractivity contribution >= 4 is 35.8 Å². The molecule has 0 aliphatic heterocycles. The fourth-order valence-electron chi connectivity index (χ4n) is 2.13. The average Bonchev–Trinajstić information content (AvgIpc) is 2.50. The third-order valence-corrected chi connectivity index (χ3v) is 3.31. The molecule has 1 unspecified atom stereocenters. The van der Waals surface area contributed by atoms with E-state index in [1.165, 1.54) is 18.2 Å². The third-order valence-electron chi connectivity index (χ3n) is 3.31. The van der Waals surface area contributed by atoms with Gasteiger partial charge in [-0.2, -0.15) is 0 Å². The number of aliphatic imine (C=N–C) groups is 1. The van der Waals surface area contributed by atoms with Gasteiger partial charge in [0.1, 0.15) is 17.5 Å². The number of halogens is 3. The molecule has 2 aromatic rings. The van der Waals surface area contributed by atoms with Crippen LogP contribution in [0.25, 0.3) is 0 Å². The number of guanidine groups is 1. The molecule has 0 saturated carbocycles. The zero-order valence-electron chi connectivity index (χ0n) is 13.4. The maximum atomic E-state index is 14.0. The van der Waals surface area contributed by atoms with Crippen molar-refractivity contribution in [2.45, 2.75) is 6.04 Å². The lowest BCUT2D eigenvalue weighted by molar-refractivity contribution is 0.290. The summed E-state index contributed by atoms with van der Waals surface area (Å²) >= 11 is 0. The monoisotopic (exact) mass is 447 g/mol. The second-order valence-electron chi connectivity index (χ2n) is 5.18. The molecule has 1 aromatic heterocycles. The van der Waals surface area contributed by atoms with Crippen LogP contribution in [-0.2, 0) is 0 Å². The highest BCUT2D eigenvalue weighted by Gasteiger charge is 2.21. The lowest BCUT2D eigenvalue weighted by Gasteiger charge is -2.24. The SMILES string of the molecule is CN(C)C(CN=C(N)Nc1ccccn1)c1c(F)cccc1F.I. The van der Waals surface area contributed by atoms with Gasteiger partial charge in [-0.1, -0.05) is 12.1 Å². The predicted octanol–water partition coefficient (Wildman–Crippen LogP) is 3.01. The van der Waals surface area contributed by atoms with Gasteiger partial charge in [-0.3, -0.25) is 4.99 Å². The van der Waals surface area contributed by atoms with Crippen molar-refractivity contribution in [3.8, 4) is 0 Å². The number of nitrogens with zero attached hydrogens (tertiary/aromatic N) is 3. The maximum absolute atomic E-state index is 14.0. The molecule has 3 N–H and O–H groups in total. The Labute approximate surface area is 157 Å². The van der Waals surface area contributed by atoms with Crippen molar-refractivity contribution in [2.24, 2.45) is 10.7 Å². The minimum atomic E-state index is -0.602. The number of hydrogen-bond acceptors (Lipinski definition) is 3. The van der Waals surface area contributed by atoms with Gasteiger partial charge in [0.25, 0.3) is 0 Å². The predicted molar refractivity (Wildman–Crippen MR) is 103 cm³/mol. The van der Waals surface area contributed by atoms with Crippen LogP contribution in [0.15, 0.2) is 47.6 Å². The van der Waals surface area contributed by atoms with E-state index >= 15 is 0 Å². The number of nitrogens with one attached hydrogen (secondary N) is 1. The lowest BCUT2D eigenvalue weighted by Crippen LogP contribution is -2.28. The second kappa shape index (κ2) is 9.48. The summed E-state index contributed by atoms with van der Waals surface area (Å²) in [4.78, 5) is 9.93. The van der Waals surface area contributed by atoms with Crippen LogP contribution in [0.5, 0.6) is 0 Å². The van der Waals surface area contributed by atoms with E-state index in [2.05, 4.69) is 15.3 Å². The fraction of sp³-hybridized carbons (Fsp3) is 0.250. The van der Waals surface area contributed by atoms with Gasteiger partial charge in [-0.25, -0.2) is 13.8 Å². The van der Waals surface area contributed by atoms with Crippen molar-refractivity contribution < 1.29 is 8.78 Å². The zero-order valence-corrected chi connectivity index (χ0v) is 15.7. The Morgan fingerprint density at radius 1 is 1.21 bits per heavy atom. The van der Waals surface area contributed by atoms with Crippen molar-refractivity contribution in [3.05, 3.63) is 59.8 Å². The smallest absolute Gasteiger partial charge is 0.194 e. The normalized spacial score (nSPS) is 12.6. The minimum Gasteiger partial charge on any atom is -0.370 e. The van der Waals surface area contributed by atoms with Crippen LogP contribution >= 0.6 is 24.0 Å². The van der Waals surface area contributed by atoms with Crippen LogP contribution in [0.4, 0.5) is 14.6 Å². The third kappa shape index (κ3) is 5.38. The van der Waals surface area contributed by atoms with E-state index in [9.17, 15) is 8.78 Å². The van der Waals surface area contributed by atoms with Gasteiger partial charge in [0, 0.05) is 11.8 Å². The van der Waals surface area contributed by atoms with Gasteiger partial charge in [0.15, 0.2) is 5.96 Å². The van der Waals surface area contributed by atoms with Gasteiger partial charge in [-0.05, 0) is 38.4 Å². The molecule has 0 bridgehead atoms. The molecule has 5 nitrogen and oxygen atoms in total. The van der Waals surface area contributed by atoms with E-state index in [-0.39, 0.29) is 42.0 Å². The molecule has 1 heterocycles. The number of likely N-dealkylation sites (N-methyl/N-ethyl adjacent to an activating group) is 1. The molecule has 0 saturated heterocycles. The first-order chi connectivity index (χ1) is 11.0. The van der Waals surface area contributed by atoms with Crippen molar-refractivity contribution in [3.63, 3.8) is 0 Å². The molecule has 0 aliphatic carbocycles. The summed E-state index contributed by atoms with van der Waals surface area (Å²) in [5.41, 5.74) is 5.78. The van der Waals surface area contributed by atoms with Crippen molar-refractivity contribution in [2.75, 3.05) is 26.0 Å². The highest BCUT2D eigenvalue weighted by atomic mass is 127. The molecule has 0 radical (unpaired) electrons. The fourth-order valence-corrected chi connectivity index (χ4v) is 2.13. The highest BCUT2D eigenvalue weighted by molar-refractivity contribution is 14.0. The second-order valence-corrected chi connectivity index (χ2v) is 5.18. The first kappa shape index (κ1) is 20.2. The van der Waals surface area contributed by atoms with Crippen molar-refractivity contribution in [1.82, 2.24) is 9.88 Å². The molecule has 24 heavy (non-hydrogen) atoms.